The molecule has 1 saturated heterocycles. The van der Waals surface area contributed by atoms with Gasteiger partial charge in [-0.15, -0.1) is 0 Å². The normalized spacial score (nSPS) is 27.7. The third kappa shape index (κ3) is 2.24. The lowest BCUT2D eigenvalue weighted by atomic mass is 10.3. The van der Waals surface area contributed by atoms with E-state index < -0.39 is 6.61 Å². The number of hydrogen-bond acceptors (Lipinski definition) is 1. The summed E-state index contributed by atoms with van der Waals surface area (Å²) in [6.45, 7) is -0.997. The summed E-state index contributed by atoms with van der Waals surface area (Å²) >= 11 is 0. The van der Waals surface area contributed by atoms with Gasteiger partial charge in [-0.05, 0) is 0 Å². The zero-order chi connectivity index (χ0) is 6.69. The van der Waals surface area contributed by atoms with Crippen LogP contribution >= 0.6 is 0 Å². The Morgan fingerprint density at radius 3 is 2.78 bits per heavy atom. The third-order valence-electron chi connectivity index (χ3n) is 1.42. The van der Waals surface area contributed by atoms with E-state index in [1.807, 2.05) is 5.32 Å². The van der Waals surface area contributed by atoms with Crippen molar-refractivity contribution < 1.29 is 18.8 Å². The first-order valence-electron chi connectivity index (χ1n) is 3.04. The summed E-state index contributed by atoms with van der Waals surface area (Å²) in [4.78, 5) is 0. The highest BCUT2D eigenvalue weighted by atomic mass is 19.3. The van der Waals surface area contributed by atoms with Crippen LogP contribution < -0.4 is 5.32 Å². The van der Waals surface area contributed by atoms with Crippen molar-refractivity contribution in [3.8, 4) is 0 Å². The molecule has 0 unspecified atom stereocenters. The van der Waals surface area contributed by atoms with Crippen LogP contribution in [0.4, 0.5) is 8.78 Å². The molecule has 4 heteroatoms. The van der Waals surface area contributed by atoms with Crippen LogP contribution in [0.5, 0.6) is 0 Å². The molecular weight excluding hydrogens is 128 g/mol. The molecule has 0 spiro atoms. The van der Waals surface area contributed by atoms with Gasteiger partial charge in [-0.2, -0.15) is 8.78 Å². The summed E-state index contributed by atoms with van der Waals surface area (Å²) in [6, 6.07) is 0. The van der Waals surface area contributed by atoms with Crippen LogP contribution in [0.25, 0.3) is 0 Å². The lowest BCUT2D eigenvalue weighted by molar-refractivity contribution is -0.639. The van der Waals surface area contributed by atoms with Gasteiger partial charge in [-0.3, -0.25) is 0 Å². The molecule has 0 bridgehead atoms. The van der Waals surface area contributed by atoms with Gasteiger partial charge < -0.3 is 10.1 Å². The maximum atomic E-state index is 11.5. The topological polar surface area (TPSA) is 25.8 Å². The predicted molar refractivity (Wildman–Crippen MR) is 27.2 cm³/mol. The summed E-state index contributed by atoms with van der Waals surface area (Å²) in [5.74, 6) is 0. The van der Waals surface area contributed by atoms with E-state index in [0.29, 0.717) is 6.54 Å². The lowest BCUT2D eigenvalue weighted by Gasteiger charge is -2.04. The first kappa shape index (κ1) is 6.89. The predicted octanol–water partition coefficient (Wildman–Crippen LogP) is -0.439. The van der Waals surface area contributed by atoms with Gasteiger partial charge in [-0.25, -0.2) is 0 Å². The Hall–Kier alpha value is -0.220. The van der Waals surface area contributed by atoms with Crippen molar-refractivity contribution in [2.24, 2.45) is 0 Å². The number of ether oxygens (including phenoxy) is 1. The summed E-state index contributed by atoms with van der Waals surface area (Å²) < 4.78 is 27.1. The van der Waals surface area contributed by atoms with E-state index in [2.05, 4.69) is 4.74 Å². The summed E-state index contributed by atoms with van der Waals surface area (Å²) in [5, 5.41) is 1.98. The molecule has 0 aromatic carbocycles. The minimum absolute atomic E-state index is 0.218. The van der Waals surface area contributed by atoms with Crippen LogP contribution in [-0.4, -0.2) is 25.8 Å². The standard InChI is InChI=1S/C5H9F2NO/c6-5(7)9-4-1-2-8-3-4/h4-5,8H,1-3H2/p+1/t4-/m1/s1. The molecule has 0 aliphatic carbocycles. The van der Waals surface area contributed by atoms with E-state index >= 15 is 0 Å². The molecule has 1 heterocycles. The largest absolute Gasteiger partial charge is 0.345 e. The average Bonchev–Trinajstić information content (AvgIpc) is 2.15. The second-order valence-corrected chi connectivity index (χ2v) is 2.12. The number of halogens is 2. The van der Waals surface area contributed by atoms with Crippen molar-refractivity contribution in [2.75, 3.05) is 13.1 Å². The van der Waals surface area contributed by atoms with Crippen molar-refractivity contribution in [2.45, 2.75) is 19.1 Å². The monoisotopic (exact) mass is 138 g/mol. The van der Waals surface area contributed by atoms with Gasteiger partial charge in [0.05, 0.1) is 6.54 Å². The lowest BCUT2D eigenvalue weighted by Crippen LogP contribution is -2.81. The fraction of sp³-hybridized carbons (Fsp3) is 1.00. The smallest absolute Gasteiger partial charge is 0.344 e. The Morgan fingerprint density at radius 2 is 2.33 bits per heavy atom. The van der Waals surface area contributed by atoms with Crippen LogP contribution in [0.15, 0.2) is 0 Å². The molecular formula is C5H10F2NO+. The Labute approximate surface area is 52.2 Å². The second-order valence-electron chi connectivity index (χ2n) is 2.12. The Kier molecular flexibility index (Phi) is 2.36. The van der Waals surface area contributed by atoms with Crippen LogP contribution in [0.2, 0.25) is 0 Å². The summed E-state index contributed by atoms with van der Waals surface area (Å²) in [7, 11) is 0. The van der Waals surface area contributed by atoms with E-state index in [1.54, 1.807) is 0 Å². The number of quaternary nitrogens is 1. The quantitative estimate of drug-likeness (QED) is 0.550. The first-order chi connectivity index (χ1) is 4.29. The average molecular weight is 138 g/mol. The minimum atomic E-state index is -2.60. The van der Waals surface area contributed by atoms with Crippen molar-refractivity contribution in [3.05, 3.63) is 0 Å². The van der Waals surface area contributed by atoms with Crippen LogP contribution in [-0.2, 0) is 4.74 Å². The van der Waals surface area contributed by atoms with Gasteiger partial charge in [0.25, 0.3) is 0 Å². The molecule has 2 nitrogen and oxygen atoms in total. The molecule has 9 heavy (non-hydrogen) atoms. The highest BCUT2D eigenvalue weighted by molar-refractivity contribution is 4.57. The Bertz CT molecular complexity index is 83.0. The maximum Gasteiger partial charge on any atom is 0.345 e. The van der Waals surface area contributed by atoms with E-state index in [4.69, 9.17) is 0 Å². The van der Waals surface area contributed by atoms with Crippen LogP contribution in [0.1, 0.15) is 6.42 Å². The van der Waals surface area contributed by atoms with E-state index in [1.165, 1.54) is 0 Å². The highest BCUT2D eigenvalue weighted by Gasteiger charge is 2.21. The zero-order valence-corrected chi connectivity index (χ0v) is 5.02. The SMILES string of the molecule is FC(F)O[C@@H]1CC[NH2+]C1. The van der Waals surface area contributed by atoms with Crippen LogP contribution in [0.3, 0.4) is 0 Å². The van der Waals surface area contributed by atoms with Gasteiger partial charge >= 0.3 is 6.61 Å². The summed E-state index contributed by atoms with van der Waals surface area (Å²) in [5.41, 5.74) is 0. The molecule has 1 rings (SSSR count). The fourth-order valence-corrected chi connectivity index (χ4v) is 0.994. The second kappa shape index (κ2) is 3.08. The maximum absolute atomic E-state index is 11.5. The molecule has 54 valence electrons. The molecule has 1 atom stereocenters. The fourth-order valence-electron chi connectivity index (χ4n) is 0.994. The van der Waals surface area contributed by atoms with E-state index in [0.717, 1.165) is 13.0 Å². The van der Waals surface area contributed by atoms with Crippen molar-refractivity contribution in [1.82, 2.24) is 0 Å². The van der Waals surface area contributed by atoms with Gasteiger partial charge in [0.15, 0.2) is 0 Å². The Balaban J connectivity index is 2.11. The number of hydrogen-bond donors (Lipinski definition) is 1. The first-order valence-corrected chi connectivity index (χ1v) is 3.04. The van der Waals surface area contributed by atoms with Crippen molar-refractivity contribution >= 4 is 0 Å². The highest BCUT2D eigenvalue weighted by Crippen LogP contribution is 2.04. The molecule has 0 radical (unpaired) electrons. The zero-order valence-electron chi connectivity index (χ0n) is 5.02. The number of alkyl halides is 2. The van der Waals surface area contributed by atoms with Gasteiger partial charge in [-0.1, -0.05) is 0 Å². The van der Waals surface area contributed by atoms with E-state index in [-0.39, 0.29) is 6.10 Å². The molecule has 0 aromatic heterocycles. The van der Waals surface area contributed by atoms with Crippen LogP contribution in [0, 0.1) is 0 Å². The van der Waals surface area contributed by atoms with Gasteiger partial charge in [0.1, 0.15) is 12.6 Å². The molecule has 0 aromatic rings. The van der Waals surface area contributed by atoms with Crippen molar-refractivity contribution in [3.63, 3.8) is 0 Å². The molecule has 0 saturated carbocycles. The van der Waals surface area contributed by atoms with Gasteiger partial charge in [0, 0.05) is 6.42 Å². The molecule has 1 fully saturated rings. The van der Waals surface area contributed by atoms with E-state index in [9.17, 15) is 8.78 Å². The molecule has 1 aliphatic rings. The Morgan fingerprint density at radius 1 is 1.56 bits per heavy atom. The molecule has 0 amide bonds. The minimum Gasteiger partial charge on any atom is -0.344 e. The molecule has 1 aliphatic heterocycles. The number of rotatable bonds is 2. The number of nitrogens with two attached hydrogens (primary N) is 1. The summed E-state index contributed by atoms with van der Waals surface area (Å²) in [6.07, 6.45) is 0.537. The third-order valence-corrected chi connectivity index (χ3v) is 1.42. The van der Waals surface area contributed by atoms with Gasteiger partial charge in [0.2, 0.25) is 0 Å². The van der Waals surface area contributed by atoms with Crippen molar-refractivity contribution in [1.29, 1.82) is 0 Å². The molecule has 2 N–H and O–H groups in total.